The van der Waals surface area contributed by atoms with Crippen LogP contribution in [0.2, 0.25) is 0 Å². The summed E-state index contributed by atoms with van der Waals surface area (Å²) in [5.74, 6) is -0.193. The van der Waals surface area contributed by atoms with Gasteiger partial charge in [-0.15, -0.1) is 0 Å². The Hall–Kier alpha value is -2.30. The molecule has 5 heteroatoms. The van der Waals surface area contributed by atoms with Gasteiger partial charge in [-0.3, -0.25) is 4.68 Å². The molecule has 0 aliphatic carbocycles. The first-order chi connectivity index (χ1) is 9.11. The van der Waals surface area contributed by atoms with Gasteiger partial charge in [0.05, 0.1) is 0 Å². The van der Waals surface area contributed by atoms with Crippen LogP contribution in [0.3, 0.4) is 0 Å². The SMILES string of the molecule is CCn1nc(COc2ccccc2C)cc1C(=O)O. The lowest BCUT2D eigenvalue weighted by Crippen LogP contribution is -2.08. The standard InChI is InChI=1S/C14H16N2O3/c1-3-16-12(14(17)18)8-11(15-16)9-19-13-7-5-4-6-10(13)2/h4-8H,3,9H2,1-2H3,(H,17,18). The summed E-state index contributed by atoms with van der Waals surface area (Å²) in [6, 6.07) is 9.23. The number of hydrogen-bond donors (Lipinski definition) is 1. The first kappa shape index (κ1) is 13.1. The molecule has 1 N–H and O–H groups in total. The summed E-state index contributed by atoms with van der Waals surface area (Å²) in [5.41, 5.74) is 1.84. The Morgan fingerprint density at radius 3 is 2.74 bits per heavy atom. The molecule has 0 amide bonds. The van der Waals surface area contributed by atoms with Crippen molar-refractivity contribution in [3.05, 3.63) is 47.3 Å². The zero-order valence-electron chi connectivity index (χ0n) is 11.0. The minimum atomic E-state index is -0.975. The third-order valence-electron chi connectivity index (χ3n) is 2.82. The number of aromatic carboxylic acids is 1. The Morgan fingerprint density at radius 1 is 1.42 bits per heavy atom. The normalized spacial score (nSPS) is 10.4. The van der Waals surface area contributed by atoms with Crippen LogP contribution >= 0.6 is 0 Å². The number of carboxylic acids is 1. The molecule has 0 aliphatic heterocycles. The van der Waals surface area contributed by atoms with E-state index in [0.717, 1.165) is 11.3 Å². The van der Waals surface area contributed by atoms with E-state index in [0.29, 0.717) is 12.2 Å². The predicted octanol–water partition coefficient (Wildman–Crippen LogP) is 2.49. The summed E-state index contributed by atoms with van der Waals surface area (Å²) < 4.78 is 7.10. The number of hydrogen-bond acceptors (Lipinski definition) is 3. The van der Waals surface area contributed by atoms with E-state index in [9.17, 15) is 4.79 Å². The van der Waals surface area contributed by atoms with Crippen LogP contribution in [0.1, 0.15) is 28.7 Å². The van der Waals surface area contributed by atoms with Crippen molar-refractivity contribution in [1.82, 2.24) is 9.78 Å². The highest BCUT2D eigenvalue weighted by Gasteiger charge is 2.13. The second-order valence-electron chi connectivity index (χ2n) is 4.20. The van der Waals surface area contributed by atoms with Gasteiger partial charge < -0.3 is 9.84 Å². The molecule has 1 aromatic heterocycles. The quantitative estimate of drug-likeness (QED) is 0.897. The number of para-hydroxylation sites is 1. The zero-order chi connectivity index (χ0) is 13.8. The Morgan fingerprint density at radius 2 is 2.16 bits per heavy atom. The molecule has 0 radical (unpaired) electrons. The van der Waals surface area contributed by atoms with Gasteiger partial charge in [0.25, 0.3) is 0 Å². The van der Waals surface area contributed by atoms with Crippen LogP contribution in [0.15, 0.2) is 30.3 Å². The molecule has 1 heterocycles. The number of ether oxygens (including phenoxy) is 1. The summed E-state index contributed by atoms with van der Waals surface area (Å²) >= 11 is 0. The third kappa shape index (κ3) is 2.93. The van der Waals surface area contributed by atoms with Crippen LogP contribution in [0, 0.1) is 6.92 Å². The highest BCUT2D eigenvalue weighted by molar-refractivity contribution is 5.85. The molecule has 0 bridgehead atoms. The van der Waals surface area contributed by atoms with Crippen LogP contribution in [0.5, 0.6) is 5.75 Å². The number of nitrogens with zero attached hydrogens (tertiary/aromatic N) is 2. The van der Waals surface area contributed by atoms with E-state index in [1.54, 1.807) is 6.07 Å². The van der Waals surface area contributed by atoms with Crippen molar-refractivity contribution in [3.63, 3.8) is 0 Å². The summed E-state index contributed by atoms with van der Waals surface area (Å²) in [6.45, 7) is 4.60. The van der Waals surface area contributed by atoms with E-state index in [1.165, 1.54) is 4.68 Å². The first-order valence-corrected chi connectivity index (χ1v) is 6.10. The fourth-order valence-corrected chi connectivity index (χ4v) is 1.82. The smallest absolute Gasteiger partial charge is 0.354 e. The highest BCUT2D eigenvalue weighted by atomic mass is 16.5. The lowest BCUT2D eigenvalue weighted by molar-refractivity contribution is 0.0683. The van der Waals surface area contributed by atoms with Crippen molar-refractivity contribution in [2.75, 3.05) is 0 Å². The molecule has 2 aromatic rings. The van der Waals surface area contributed by atoms with Crippen molar-refractivity contribution in [3.8, 4) is 5.75 Å². The van der Waals surface area contributed by atoms with E-state index in [-0.39, 0.29) is 12.3 Å². The van der Waals surface area contributed by atoms with Gasteiger partial charge in [0.15, 0.2) is 0 Å². The number of carbonyl (C=O) groups is 1. The van der Waals surface area contributed by atoms with Crippen LogP contribution < -0.4 is 4.74 Å². The van der Waals surface area contributed by atoms with Crippen molar-refractivity contribution in [2.24, 2.45) is 0 Å². The minimum Gasteiger partial charge on any atom is -0.487 e. The third-order valence-corrected chi connectivity index (χ3v) is 2.82. The maximum Gasteiger partial charge on any atom is 0.354 e. The second-order valence-corrected chi connectivity index (χ2v) is 4.20. The minimum absolute atomic E-state index is 0.186. The Labute approximate surface area is 111 Å². The van der Waals surface area contributed by atoms with Crippen molar-refractivity contribution < 1.29 is 14.6 Å². The highest BCUT2D eigenvalue weighted by Crippen LogP contribution is 2.17. The summed E-state index contributed by atoms with van der Waals surface area (Å²) in [4.78, 5) is 11.0. The largest absolute Gasteiger partial charge is 0.487 e. The van der Waals surface area contributed by atoms with Gasteiger partial charge in [0.2, 0.25) is 0 Å². The van der Waals surface area contributed by atoms with E-state index in [4.69, 9.17) is 9.84 Å². The van der Waals surface area contributed by atoms with Gasteiger partial charge >= 0.3 is 5.97 Å². The Bertz CT molecular complexity index is 590. The maximum absolute atomic E-state index is 11.0. The van der Waals surface area contributed by atoms with Gasteiger partial charge in [0.1, 0.15) is 23.7 Å². The summed E-state index contributed by atoms with van der Waals surface area (Å²) in [7, 11) is 0. The molecule has 1 aromatic carbocycles. The average Bonchev–Trinajstić information content (AvgIpc) is 2.81. The molecule has 0 saturated carbocycles. The molecule has 5 nitrogen and oxygen atoms in total. The van der Waals surface area contributed by atoms with Gasteiger partial charge in [-0.05, 0) is 31.5 Å². The monoisotopic (exact) mass is 260 g/mol. The molecule has 0 atom stereocenters. The topological polar surface area (TPSA) is 64.4 Å². The van der Waals surface area contributed by atoms with Crippen molar-refractivity contribution in [2.45, 2.75) is 27.0 Å². The first-order valence-electron chi connectivity index (χ1n) is 6.10. The van der Waals surface area contributed by atoms with E-state index in [2.05, 4.69) is 5.10 Å². The molecular weight excluding hydrogens is 244 g/mol. The number of aromatic nitrogens is 2. The van der Waals surface area contributed by atoms with Crippen LogP contribution in [-0.2, 0) is 13.2 Å². The molecule has 0 spiro atoms. The van der Waals surface area contributed by atoms with Gasteiger partial charge in [-0.25, -0.2) is 4.79 Å². The molecule has 0 unspecified atom stereocenters. The number of benzene rings is 1. The molecule has 0 saturated heterocycles. The maximum atomic E-state index is 11.0. The number of rotatable bonds is 5. The number of aryl methyl sites for hydroxylation is 2. The Balaban J connectivity index is 2.12. The average molecular weight is 260 g/mol. The summed E-state index contributed by atoms with van der Waals surface area (Å²) in [6.07, 6.45) is 0. The van der Waals surface area contributed by atoms with Crippen molar-refractivity contribution in [1.29, 1.82) is 0 Å². The predicted molar refractivity (Wildman–Crippen MR) is 70.4 cm³/mol. The lowest BCUT2D eigenvalue weighted by atomic mass is 10.2. The van der Waals surface area contributed by atoms with Gasteiger partial charge in [-0.1, -0.05) is 18.2 Å². The van der Waals surface area contributed by atoms with E-state index in [1.807, 2.05) is 38.1 Å². The van der Waals surface area contributed by atoms with E-state index < -0.39 is 5.97 Å². The fourth-order valence-electron chi connectivity index (χ4n) is 1.82. The van der Waals surface area contributed by atoms with Crippen LogP contribution in [-0.4, -0.2) is 20.9 Å². The fraction of sp³-hybridized carbons (Fsp3) is 0.286. The molecule has 2 rings (SSSR count). The molecular formula is C14H16N2O3. The molecule has 0 fully saturated rings. The molecule has 100 valence electrons. The van der Waals surface area contributed by atoms with Crippen LogP contribution in [0.25, 0.3) is 0 Å². The Kier molecular flexibility index (Phi) is 3.85. The van der Waals surface area contributed by atoms with E-state index >= 15 is 0 Å². The van der Waals surface area contributed by atoms with Gasteiger partial charge in [-0.2, -0.15) is 5.10 Å². The summed E-state index contributed by atoms with van der Waals surface area (Å²) in [5, 5.41) is 13.2. The lowest BCUT2D eigenvalue weighted by Gasteiger charge is -2.06. The molecule has 0 aliphatic rings. The molecule has 19 heavy (non-hydrogen) atoms. The van der Waals surface area contributed by atoms with Gasteiger partial charge in [0, 0.05) is 6.54 Å². The second kappa shape index (κ2) is 5.56. The zero-order valence-corrected chi connectivity index (χ0v) is 11.0. The van der Waals surface area contributed by atoms with Crippen LogP contribution in [0.4, 0.5) is 0 Å². The number of carboxylic acid groups (broad SMARTS) is 1. The van der Waals surface area contributed by atoms with Crippen molar-refractivity contribution >= 4 is 5.97 Å².